The van der Waals surface area contributed by atoms with Crippen LogP contribution in [0.3, 0.4) is 0 Å². The van der Waals surface area contributed by atoms with E-state index in [1.165, 1.54) is 4.90 Å². The van der Waals surface area contributed by atoms with Gasteiger partial charge in [-0.25, -0.2) is 0 Å². The third-order valence-electron chi connectivity index (χ3n) is 5.92. The standard InChI is InChI=1S/C26H26N4O5/c1-14(2)23(32)21-22(19-7-5-4-6-16(19)10-13-20(27)31)30(26(34)24(21)33)18-11-8-17(9-12-18)25-28-15(3)35-29-25/h4-9,11-12,14,22,33H,10,13H2,1-3H3,(H2,27,31). The molecule has 1 unspecified atom stereocenters. The molecule has 4 rings (SSSR count). The second kappa shape index (κ2) is 9.54. The first-order valence-electron chi connectivity index (χ1n) is 11.3. The molecule has 0 radical (unpaired) electrons. The Bertz CT molecular complexity index is 1320. The van der Waals surface area contributed by atoms with E-state index in [2.05, 4.69) is 10.1 Å². The van der Waals surface area contributed by atoms with Gasteiger partial charge < -0.3 is 15.4 Å². The first kappa shape index (κ1) is 23.9. The number of ketones is 1. The number of anilines is 1. The number of hydrogen-bond donors (Lipinski definition) is 2. The van der Waals surface area contributed by atoms with Crippen molar-refractivity contribution in [2.24, 2.45) is 11.7 Å². The van der Waals surface area contributed by atoms with Crippen molar-refractivity contribution in [3.05, 3.63) is 76.9 Å². The summed E-state index contributed by atoms with van der Waals surface area (Å²) in [5, 5.41) is 14.8. The Morgan fingerprint density at radius 1 is 1.14 bits per heavy atom. The van der Waals surface area contributed by atoms with Crippen LogP contribution in [0, 0.1) is 12.8 Å². The fraction of sp³-hybridized carbons (Fsp3) is 0.269. The first-order chi connectivity index (χ1) is 16.7. The molecule has 2 amide bonds. The van der Waals surface area contributed by atoms with Gasteiger partial charge in [0.25, 0.3) is 5.91 Å². The number of rotatable bonds is 8. The molecule has 0 spiro atoms. The van der Waals surface area contributed by atoms with Crippen molar-refractivity contribution >= 4 is 23.3 Å². The topological polar surface area (TPSA) is 140 Å². The Balaban J connectivity index is 1.82. The van der Waals surface area contributed by atoms with Gasteiger partial charge in [-0.05, 0) is 41.8 Å². The van der Waals surface area contributed by atoms with E-state index in [1.807, 2.05) is 12.1 Å². The van der Waals surface area contributed by atoms with E-state index in [0.29, 0.717) is 35.0 Å². The van der Waals surface area contributed by atoms with Gasteiger partial charge in [0.15, 0.2) is 11.5 Å². The Morgan fingerprint density at radius 3 is 2.43 bits per heavy atom. The second-order valence-electron chi connectivity index (χ2n) is 8.71. The third-order valence-corrected chi connectivity index (χ3v) is 5.92. The molecule has 1 aliphatic heterocycles. The molecule has 3 N–H and O–H groups in total. The highest BCUT2D eigenvalue weighted by Crippen LogP contribution is 2.43. The number of aliphatic hydroxyl groups excluding tert-OH is 1. The van der Waals surface area contributed by atoms with Crippen LogP contribution in [0.1, 0.15) is 43.3 Å². The maximum absolute atomic E-state index is 13.3. The number of amides is 2. The van der Waals surface area contributed by atoms with Gasteiger partial charge in [0.2, 0.25) is 17.6 Å². The van der Waals surface area contributed by atoms with Crippen LogP contribution in [-0.2, 0) is 20.8 Å². The van der Waals surface area contributed by atoms with Crippen LogP contribution in [0.15, 0.2) is 64.4 Å². The summed E-state index contributed by atoms with van der Waals surface area (Å²) >= 11 is 0. The average molecular weight is 475 g/mol. The van der Waals surface area contributed by atoms with Crippen molar-refractivity contribution in [3.8, 4) is 11.4 Å². The van der Waals surface area contributed by atoms with Gasteiger partial charge >= 0.3 is 0 Å². The van der Waals surface area contributed by atoms with E-state index in [9.17, 15) is 19.5 Å². The second-order valence-corrected chi connectivity index (χ2v) is 8.71. The fourth-order valence-corrected chi connectivity index (χ4v) is 4.20. The van der Waals surface area contributed by atoms with E-state index in [4.69, 9.17) is 10.3 Å². The number of carbonyl (C=O) groups excluding carboxylic acids is 3. The number of aryl methyl sites for hydroxylation is 2. The van der Waals surface area contributed by atoms with E-state index in [0.717, 1.165) is 5.56 Å². The van der Waals surface area contributed by atoms with Crippen molar-refractivity contribution < 1.29 is 24.0 Å². The zero-order chi connectivity index (χ0) is 25.3. The summed E-state index contributed by atoms with van der Waals surface area (Å²) in [7, 11) is 0. The van der Waals surface area contributed by atoms with Crippen molar-refractivity contribution in [1.82, 2.24) is 10.1 Å². The van der Waals surface area contributed by atoms with Crippen molar-refractivity contribution in [3.63, 3.8) is 0 Å². The number of hydrogen-bond acceptors (Lipinski definition) is 7. The van der Waals surface area contributed by atoms with Gasteiger partial charge in [0, 0.05) is 30.5 Å². The lowest BCUT2D eigenvalue weighted by molar-refractivity contribution is -0.119. The van der Waals surface area contributed by atoms with E-state index in [1.54, 1.807) is 57.2 Å². The summed E-state index contributed by atoms with van der Waals surface area (Å²) in [6.45, 7) is 5.12. The number of nitrogens with zero attached hydrogens (tertiary/aromatic N) is 3. The number of carbonyl (C=O) groups is 3. The molecule has 3 aromatic rings. The molecule has 1 aromatic heterocycles. The Morgan fingerprint density at radius 2 is 1.83 bits per heavy atom. The highest BCUT2D eigenvalue weighted by atomic mass is 16.5. The molecule has 2 aromatic carbocycles. The minimum absolute atomic E-state index is 0.0365. The minimum atomic E-state index is -0.861. The quantitative estimate of drug-likeness (QED) is 0.508. The molecule has 35 heavy (non-hydrogen) atoms. The van der Waals surface area contributed by atoms with Crippen molar-refractivity contribution in [2.45, 2.75) is 39.7 Å². The number of Topliss-reactive ketones (excluding diaryl/α,β-unsaturated/α-hetero) is 1. The summed E-state index contributed by atoms with van der Waals surface area (Å²) in [6.07, 6.45) is 0.448. The van der Waals surface area contributed by atoms with Crippen LogP contribution in [0.25, 0.3) is 11.4 Å². The number of benzene rings is 2. The molecule has 0 saturated heterocycles. The smallest absolute Gasteiger partial charge is 0.294 e. The van der Waals surface area contributed by atoms with Crippen LogP contribution in [0.2, 0.25) is 0 Å². The van der Waals surface area contributed by atoms with Crippen molar-refractivity contribution in [2.75, 3.05) is 4.90 Å². The van der Waals surface area contributed by atoms with E-state index < -0.39 is 29.5 Å². The van der Waals surface area contributed by atoms with Crippen molar-refractivity contribution in [1.29, 1.82) is 0 Å². The lowest BCUT2D eigenvalue weighted by Gasteiger charge is -2.29. The predicted molar refractivity (Wildman–Crippen MR) is 128 cm³/mol. The third kappa shape index (κ3) is 4.57. The van der Waals surface area contributed by atoms with Crippen LogP contribution >= 0.6 is 0 Å². The first-order valence-corrected chi connectivity index (χ1v) is 11.3. The summed E-state index contributed by atoms with van der Waals surface area (Å²) in [5.41, 5.74) is 7.97. The molecule has 180 valence electrons. The number of aromatic nitrogens is 2. The monoisotopic (exact) mass is 474 g/mol. The molecule has 2 heterocycles. The normalized spacial score (nSPS) is 15.8. The number of aliphatic hydroxyl groups is 1. The highest BCUT2D eigenvalue weighted by Gasteiger charge is 2.45. The number of nitrogens with two attached hydrogens (primary N) is 1. The van der Waals surface area contributed by atoms with Crippen LogP contribution < -0.4 is 10.6 Å². The zero-order valence-electron chi connectivity index (χ0n) is 19.7. The number of primary amides is 1. The lowest BCUT2D eigenvalue weighted by atomic mass is 9.87. The molecule has 9 heteroatoms. The fourth-order valence-electron chi connectivity index (χ4n) is 4.20. The molecule has 0 aliphatic carbocycles. The maximum atomic E-state index is 13.3. The van der Waals surface area contributed by atoms with Crippen LogP contribution in [-0.4, -0.2) is 32.8 Å². The molecule has 0 bridgehead atoms. The minimum Gasteiger partial charge on any atom is -0.503 e. The van der Waals surface area contributed by atoms with Gasteiger partial charge in [-0.1, -0.05) is 43.3 Å². The molecular formula is C26H26N4O5. The van der Waals surface area contributed by atoms with E-state index >= 15 is 0 Å². The van der Waals surface area contributed by atoms with Gasteiger partial charge in [-0.3, -0.25) is 19.3 Å². The van der Waals surface area contributed by atoms with E-state index in [-0.39, 0.29) is 17.8 Å². The Hall–Kier alpha value is -4.27. The molecule has 0 fully saturated rings. The summed E-state index contributed by atoms with van der Waals surface area (Å²) in [4.78, 5) is 43.6. The molecule has 9 nitrogen and oxygen atoms in total. The SMILES string of the molecule is Cc1nc(-c2ccc(N3C(=O)C(O)=C(C(=O)C(C)C)C3c3ccccc3CCC(N)=O)cc2)no1. The Labute approximate surface area is 202 Å². The van der Waals surface area contributed by atoms with Gasteiger partial charge in [-0.2, -0.15) is 4.98 Å². The van der Waals surface area contributed by atoms with Crippen LogP contribution in [0.5, 0.6) is 0 Å². The summed E-state index contributed by atoms with van der Waals surface area (Å²) in [6, 6.07) is 13.3. The zero-order valence-corrected chi connectivity index (χ0v) is 19.7. The largest absolute Gasteiger partial charge is 0.503 e. The molecular weight excluding hydrogens is 448 g/mol. The van der Waals surface area contributed by atoms with Crippen LogP contribution in [0.4, 0.5) is 5.69 Å². The predicted octanol–water partition coefficient (Wildman–Crippen LogP) is 3.59. The maximum Gasteiger partial charge on any atom is 0.294 e. The summed E-state index contributed by atoms with van der Waals surface area (Å²) < 4.78 is 5.03. The summed E-state index contributed by atoms with van der Waals surface area (Å²) in [5.74, 6) is -1.63. The molecule has 1 aliphatic rings. The highest BCUT2D eigenvalue weighted by molar-refractivity contribution is 6.17. The Kier molecular flexibility index (Phi) is 6.50. The van der Waals surface area contributed by atoms with Gasteiger partial charge in [-0.15, -0.1) is 0 Å². The molecule has 0 saturated carbocycles. The average Bonchev–Trinajstić information content (AvgIpc) is 3.38. The van der Waals surface area contributed by atoms with Gasteiger partial charge in [0.05, 0.1) is 11.6 Å². The lowest BCUT2D eigenvalue weighted by Crippen LogP contribution is -2.32. The van der Waals surface area contributed by atoms with Gasteiger partial charge in [0.1, 0.15) is 0 Å². The molecule has 1 atom stereocenters.